The van der Waals surface area contributed by atoms with Gasteiger partial charge in [0.25, 0.3) is 5.91 Å². The van der Waals surface area contributed by atoms with Crippen LogP contribution in [0.15, 0.2) is 18.2 Å². The minimum atomic E-state index is -0.256. The molecule has 6 heteroatoms. The summed E-state index contributed by atoms with van der Waals surface area (Å²) in [5.41, 5.74) is 0.478. The van der Waals surface area contributed by atoms with Crippen molar-refractivity contribution in [3.8, 4) is 0 Å². The molecule has 0 atom stereocenters. The van der Waals surface area contributed by atoms with Crippen LogP contribution in [0.1, 0.15) is 19.3 Å². The van der Waals surface area contributed by atoms with Crippen LogP contribution in [-0.4, -0.2) is 29.4 Å². The maximum Gasteiger partial charge on any atom is 0.332 e. The minimum Gasteiger partial charge on any atom is -0.312 e. The molecule has 1 aliphatic heterocycles. The molecule has 1 aliphatic carbocycles. The maximum absolute atomic E-state index is 12.3. The summed E-state index contributed by atoms with van der Waals surface area (Å²) < 4.78 is 0. The number of benzene rings is 1. The van der Waals surface area contributed by atoms with Crippen LogP contribution in [0.3, 0.4) is 0 Å². The average Bonchev–Trinajstić information content (AvgIpc) is 2.57. The number of carbonyl (C=O) groups excluding carboxylic acids is 2. The van der Waals surface area contributed by atoms with Gasteiger partial charge in [0.2, 0.25) is 0 Å². The summed E-state index contributed by atoms with van der Waals surface area (Å²) in [5, 5.41) is 0.738. The van der Waals surface area contributed by atoms with Crippen molar-refractivity contribution >= 4 is 40.8 Å². The second kappa shape index (κ2) is 4.69. The lowest BCUT2D eigenvalue weighted by atomic mass is 9.92. The maximum atomic E-state index is 12.3. The van der Waals surface area contributed by atoms with E-state index in [4.69, 9.17) is 23.2 Å². The van der Waals surface area contributed by atoms with Gasteiger partial charge in [-0.1, -0.05) is 23.2 Å². The molecule has 2 fully saturated rings. The fourth-order valence-corrected chi connectivity index (χ4v) is 2.67. The van der Waals surface area contributed by atoms with Gasteiger partial charge < -0.3 is 4.90 Å². The second-order valence-electron chi connectivity index (χ2n) is 4.82. The summed E-state index contributed by atoms with van der Waals surface area (Å²) in [7, 11) is 0. The first-order valence-corrected chi connectivity index (χ1v) is 6.92. The molecular weight excluding hydrogens is 287 g/mol. The van der Waals surface area contributed by atoms with E-state index < -0.39 is 0 Å². The molecule has 3 rings (SSSR count). The highest BCUT2D eigenvalue weighted by Gasteiger charge is 2.42. The van der Waals surface area contributed by atoms with Crippen LogP contribution in [0.4, 0.5) is 10.5 Å². The number of halogens is 2. The average molecular weight is 299 g/mol. The van der Waals surface area contributed by atoms with Gasteiger partial charge in [-0.2, -0.15) is 0 Å². The standard InChI is InChI=1S/C13H12Cl2N2O2/c14-10-5-4-9(6-11(10)15)17-12(18)7-16(13(17)19)8-2-1-3-8/h4-6,8H,1-3,7H2. The lowest BCUT2D eigenvalue weighted by Gasteiger charge is -2.33. The third kappa shape index (κ3) is 2.09. The third-order valence-electron chi connectivity index (χ3n) is 3.67. The molecule has 0 spiro atoms. The number of carbonyl (C=O) groups is 2. The zero-order valence-corrected chi connectivity index (χ0v) is 11.6. The molecule has 3 amide bonds. The van der Waals surface area contributed by atoms with Gasteiger partial charge in [-0.3, -0.25) is 4.79 Å². The van der Waals surface area contributed by atoms with E-state index >= 15 is 0 Å². The first-order valence-electron chi connectivity index (χ1n) is 6.16. The van der Waals surface area contributed by atoms with Crippen molar-refractivity contribution < 1.29 is 9.59 Å². The highest BCUT2D eigenvalue weighted by atomic mass is 35.5. The van der Waals surface area contributed by atoms with Gasteiger partial charge in [-0.25, -0.2) is 9.69 Å². The van der Waals surface area contributed by atoms with Gasteiger partial charge in [0.05, 0.1) is 15.7 Å². The van der Waals surface area contributed by atoms with Gasteiger partial charge in [0.1, 0.15) is 6.54 Å². The van der Waals surface area contributed by atoms with E-state index in [-0.39, 0.29) is 24.5 Å². The number of rotatable bonds is 2. The van der Waals surface area contributed by atoms with Gasteiger partial charge >= 0.3 is 6.03 Å². The Bertz CT molecular complexity index is 558. The second-order valence-corrected chi connectivity index (χ2v) is 5.64. The Hall–Kier alpha value is -1.26. The fraction of sp³-hybridized carbons (Fsp3) is 0.385. The summed E-state index contributed by atoms with van der Waals surface area (Å²) >= 11 is 11.8. The van der Waals surface area contributed by atoms with E-state index in [0.717, 1.165) is 19.3 Å². The Morgan fingerprint density at radius 2 is 1.84 bits per heavy atom. The molecule has 1 aromatic carbocycles. The molecule has 1 heterocycles. The Labute approximate surface area is 120 Å². The summed E-state index contributed by atoms with van der Waals surface area (Å²) in [6, 6.07) is 4.72. The summed E-state index contributed by atoms with van der Waals surface area (Å²) in [6.07, 6.45) is 3.08. The van der Waals surface area contributed by atoms with Crippen molar-refractivity contribution in [1.82, 2.24) is 4.90 Å². The smallest absolute Gasteiger partial charge is 0.312 e. The van der Waals surface area contributed by atoms with Crippen molar-refractivity contribution in [1.29, 1.82) is 0 Å². The normalized spacial score (nSPS) is 20.1. The largest absolute Gasteiger partial charge is 0.332 e. The summed E-state index contributed by atoms with van der Waals surface area (Å²) in [4.78, 5) is 27.2. The van der Waals surface area contributed by atoms with E-state index in [1.165, 1.54) is 4.90 Å². The van der Waals surface area contributed by atoms with Crippen molar-refractivity contribution in [2.75, 3.05) is 11.4 Å². The Morgan fingerprint density at radius 1 is 1.11 bits per heavy atom. The number of amides is 3. The molecule has 100 valence electrons. The quantitative estimate of drug-likeness (QED) is 0.786. The lowest BCUT2D eigenvalue weighted by Crippen LogP contribution is -2.43. The number of nitrogens with zero attached hydrogens (tertiary/aromatic N) is 2. The van der Waals surface area contributed by atoms with E-state index in [0.29, 0.717) is 15.7 Å². The highest BCUT2D eigenvalue weighted by molar-refractivity contribution is 6.42. The number of imide groups is 1. The summed E-state index contributed by atoms with van der Waals surface area (Å²) in [5.74, 6) is -0.213. The zero-order valence-electron chi connectivity index (χ0n) is 10.1. The van der Waals surface area contributed by atoms with Gasteiger partial charge in [-0.05, 0) is 37.5 Å². The highest BCUT2D eigenvalue weighted by Crippen LogP contribution is 2.33. The first kappa shape index (κ1) is 12.8. The Balaban J connectivity index is 1.89. The molecule has 0 radical (unpaired) electrons. The van der Waals surface area contributed by atoms with Gasteiger partial charge in [0.15, 0.2) is 0 Å². The molecule has 2 aliphatic rings. The number of urea groups is 1. The van der Waals surface area contributed by atoms with Gasteiger partial charge in [-0.15, -0.1) is 0 Å². The van der Waals surface area contributed by atoms with Crippen LogP contribution in [0.2, 0.25) is 10.0 Å². The molecule has 0 unspecified atom stereocenters. The van der Waals surface area contributed by atoms with Crippen molar-refractivity contribution in [3.63, 3.8) is 0 Å². The van der Waals surface area contributed by atoms with E-state index in [1.807, 2.05) is 0 Å². The molecule has 0 aromatic heterocycles. The number of anilines is 1. The van der Waals surface area contributed by atoms with Crippen LogP contribution in [0, 0.1) is 0 Å². The number of hydrogen-bond donors (Lipinski definition) is 0. The molecule has 0 bridgehead atoms. The van der Waals surface area contributed by atoms with Crippen molar-refractivity contribution in [2.24, 2.45) is 0 Å². The van der Waals surface area contributed by atoms with Crippen LogP contribution in [0.5, 0.6) is 0 Å². The topological polar surface area (TPSA) is 40.6 Å². The predicted octanol–water partition coefficient (Wildman–Crippen LogP) is 3.31. The fourth-order valence-electron chi connectivity index (χ4n) is 2.38. The molecule has 1 saturated carbocycles. The molecule has 19 heavy (non-hydrogen) atoms. The Kier molecular flexibility index (Phi) is 3.15. The Morgan fingerprint density at radius 3 is 2.42 bits per heavy atom. The van der Waals surface area contributed by atoms with Gasteiger partial charge in [0, 0.05) is 6.04 Å². The predicted molar refractivity (Wildman–Crippen MR) is 73.7 cm³/mol. The van der Waals surface area contributed by atoms with E-state index in [1.54, 1.807) is 23.1 Å². The monoisotopic (exact) mass is 298 g/mol. The van der Waals surface area contributed by atoms with Crippen molar-refractivity contribution in [3.05, 3.63) is 28.2 Å². The molecule has 4 nitrogen and oxygen atoms in total. The minimum absolute atomic E-state index is 0.156. The first-order chi connectivity index (χ1) is 9.08. The van der Waals surface area contributed by atoms with Crippen LogP contribution < -0.4 is 4.90 Å². The van der Waals surface area contributed by atoms with Crippen LogP contribution in [-0.2, 0) is 4.79 Å². The van der Waals surface area contributed by atoms with Crippen molar-refractivity contribution in [2.45, 2.75) is 25.3 Å². The number of hydrogen-bond acceptors (Lipinski definition) is 2. The molecular formula is C13H12Cl2N2O2. The molecule has 1 aromatic rings. The lowest BCUT2D eigenvalue weighted by molar-refractivity contribution is -0.117. The van der Waals surface area contributed by atoms with Crippen LogP contribution in [0.25, 0.3) is 0 Å². The van der Waals surface area contributed by atoms with E-state index in [2.05, 4.69) is 0 Å². The molecule has 1 saturated heterocycles. The van der Waals surface area contributed by atoms with Crippen LogP contribution >= 0.6 is 23.2 Å². The SMILES string of the molecule is O=C1CN(C2CCC2)C(=O)N1c1ccc(Cl)c(Cl)c1. The molecule has 0 N–H and O–H groups in total. The third-order valence-corrected chi connectivity index (χ3v) is 4.41. The van der Waals surface area contributed by atoms with E-state index in [9.17, 15) is 9.59 Å². The summed E-state index contributed by atoms with van der Waals surface area (Å²) in [6.45, 7) is 0.156. The zero-order chi connectivity index (χ0) is 13.6.